The van der Waals surface area contributed by atoms with Crippen LogP contribution < -0.4 is 5.32 Å². The molecule has 3 heterocycles. The maximum absolute atomic E-state index is 13.7. The number of carbonyl (C=O) groups is 2. The largest absolute Gasteiger partial charge is 0.335 e. The third-order valence-corrected chi connectivity index (χ3v) is 8.01. The lowest BCUT2D eigenvalue weighted by Crippen LogP contribution is -2.56. The van der Waals surface area contributed by atoms with Gasteiger partial charge < -0.3 is 15.1 Å². The number of hydrogen-bond acceptors (Lipinski definition) is 5. The van der Waals surface area contributed by atoms with Crippen LogP contribution >= 0.6 is 27.3 Å². The number of aromatic nitrogens is 3. The second-order valence-electron chi connectivity index (χ2n) is 9.76. The van der Waals surface area contributed by atoms with Crippen LogP contribution in [0.15, 0.2) is 64.6 Å². The smallest absolute Gasteiger partial charge is 0.322 e. The zero-order valence-electron chi connectivity index (χ0n) is 21.8. The summed E-state index contributed by atoms with van der Waals surface area (Å²) < 4.78 is 16.0. The van der Waals surface area contributed by atoms with Crippen molar-refractivity contribution in [2.24, 2.45) is 0 Å². The highest BCUT2D eigenvalue weighted by Gasteiger charge is 2.33. The van der Waals surface area contributed by atoms with Gasteiger partial charge in [0.15, 0.2) is 0 Å². The summed E-state index contributed by atoms with van der Waals surface area (Å²) in [6, 6.07) is 13.3. The van der Waals surface area contributed by atoms with Crippen LogP contribution in [0, 0.1) is 5.82 Å². The first-order chi connectivity index (χ1) is 18.7. The molecule has 202 valence electrons. The van der Waals surface area contributed by atoms with E-state index in [-0.39, 0.29) is 29.7 Å². The Labute approximate surface area is 238 Å². The molecule has 1 saturated heterocycles. The van der Waals surface area contributed by atoms with E-state index in [2.05, 4.69) is 26.3 Å². The number of amides is 3. The van der Waals surface area contributed by atoms with Crippen LogP contribution in [0.5, 0.6) is 0 Å². The Morgan fingerprint density at radius 3 is 2.49 bits per heavy atom. The van der Waals surface area contributed by atoms with Crippen molar-refractivity contribution in [3.05, 3.63) is 81.7 Å². The Kier molecular flexibility index (Phi) is 7.81. The maximum Gasteiger partial charge on any atom is 0.322 e. The fourth-order valence-corrected chi connectivity index (χ4v) is 5.75. The van der Waals surface area contributed by atoms with Crippen molar-refractivity contribution in [2.75, 3.05) is 25.0 Å². The quantitative estimate of drug-likeness (QED) is 0.283. The summed E-state index contributed by atoms with van der Waals surface area (Å²) in [5, 5.41) is 10.0. The van der Waals surface area contributed by atoms with Crippen LogP contribution in [0.1, 0.15) is 42.7 Å². The summed E-state index contributed by atoms with van der Waals surface area (Å²) in [6.45, 7) is 7.25. The molecule has 2 aromatic heterocycles. The minimum atomic E-state index is -0.299. The number of carbonyl (C=O) groups excluding carboxylic acids is 2. The second-order valence-corrected chi connectivity index (χ2v) is 11.5. The number of urea groups is 1. The molecule has 11 heteroatoms. The van der Waals surface area contributed by atoms with Gasteiger partial charge in [-0.15, -0.1) is 11.3 Å². The van der Waals surface area contributed by atoms with E-state index in [0.717, 1.165) is 21.4 Å². The van der Waals surface area contributed by atoms with Gasteiger partial charge in [0, 0.05) is 46.8 Å². The van der Waals surface area contributed by atoms with Crippen molar-refractivity contribution >= 4 is 44.9 Å². The summed E-state index contributed by atoms with van der Waals surface area (Å²) in [5.74, 6) is -0.396. The molecule has 1 aliphatic heterocycles. The van der Waals surface area contributed by atoms with Gasteiger partial charge in [-0.3, -0.25) is 4.79 Å². The molecule has 0 bridgehead atoms. The van der Waals surface area contributed by atoms with Crippen LogP contribution in [0.2, 0.25) is 0 Å². The van der Waals surface area contributed by atoms with Crippen molar-refractivity contribution in [2.45, 2.75) is 32.7 Å². The molecular weight excluding hydrogens is 583 g/mol. The molecule has 1 N–H and O–H groups in total. The molecule has 0 aliphatic carbocycles. The second kappa shape index (κ2) is 11.3. The third kappa shape index (κ3) is 5.74. The zero-order valence-corrected chi connectivity index (χ0v) is 24.2. The summed E-state index contributed by atoms with van der Waals surface area (Å²) >= 11 is 4.81. The first-order valence-corrected chi connectivity index (χ1v) is 14.3. The summed E-state index contributed by atoms with van der Waals surface area (Å²) in [6.07, 6.45) is 1.61. The van der Waals surface area contributed by atoms with E-state index < -0.39 is 0 Å². The van der Waals surface area contributed by atoms with Crippen LogP contribution in [-0.4, -0.2) is 62.2 Å². The van der Waals surface area contributed by atoms with Crippen molar-refractivity contribution in [1.29, 1.82) is 0 Å². The summed E-state index contributed by atoms with van der Waals surface area (Å²) in [5.41, 5.74) is 3.56. The lowest BCUT2D eigenvalue weighted by Gasteiger charge is -2.39. The van der Waals surface area contributed by atoms with Gasteiger partial charge in [-0.05, 0) is 61.4 Å². The number of rotatable bonds is 5. The molecule has 0 radical (unpaired) electrons. The van der Waals surface area contributed by atoms with Gasteiger partial charge in [0.25, 0.3) is 5.91 Å². The van der Waals surface area contributed by atoms with Gasteiger partial charge in [-0.25, -0.2) is 18.9 Å². The van der Waals surface area contributed by atoms with E-state index >= 15 is 0 Å². The van der Waals surface area contributed by atoms with Crippen molar-refractivity contribution in [1.82, 2.24) is 24.6 Å². The number of piperazine rings is 1. The first-order valence-electron chi connectivity index (χ1n) is 12.6. The Morgan fingerprint density at radius 1 is 1.10 bits per heavy atom. The monoisotopic (exact) mass is 610 g/mol. The highest BCUT2D eigenvalue weighted by Crippen LogP contribution is 2.29. The lowest BCUT2D eigenvalue weighted by molar-refractivity contribution is 0.0590. The number of benzene rings is 2. The van der Waals surface area contributed by atoms with E-state index in [4.69, 9.17) is 4.98 Å². The predicted octanol–water partition coefficient (Wildman–Crippen LogP) is 6.40. The molecule has 0 saturated carbocycles. The number of hydrogen-bond donors (Lipinski definition) is 1. The minimum absolute atomic E-state index is 0.0139. The fraction of sp³-hybridized carbons (Fsp3) is 0.286. The molecule has 0 spiro atoms. The van der Waals surface area contributed by atoms with E-state index in [0.29, 0.717) is 36.0 Å². The highest BCUT2D eigenvalue weighted by atomic mass is 79.9. The Balaban J connectivity index is 1.31. The van der Waals surface area contributed by atoms with Gasteiger partial charge in [-0.2, -0.15) is 5.10 Å². The molecular formula is C28H28BrFN6O2S. The Hall–Kier alpha value is -3.57. The van der Waals surface area contributed by atoms with Gasteiger partial charge in [0.2, 0.25) is 5.13 Å². The number of anilines is 1. The van der Waals surface area contributed by atoms with E-state index in [1.807, 2.05) is 50.4 Å². The van der Waals surface area contributed by atoms with E-state index in [1.54, 1.807) is 32.8 Å². The van der Waals surface area contributed by atoms with E-state index in [9.17, 15) is 14.0 Å². The maximum atomic E-state index is 13.7. The van der Waals surface area contributed by atoms with E-state index in [1.165, 1.54) is 23.5 Å². The molecule has 3 amide bonds. The summed E-state index contributed by atoms with van der Waals surface area (Å²) in [4.78, 5) is 34.8. The van der Waals surface area contributed by atoms with Crippen molar-refractivity contribution in [3.63, 3.8) is 0 Å². The molecule has 2 aromatic carbocycles. The van der Waals surface area contributed by atoms with Crippen LogP contribution in [0.4, 0.5) is 14.9 Å². The standard InChI is InChI=1S/C28H28BrFN6O2S/c1-17(2)25-23(14-31-36(25)28-33-24(16-39-28)19-4-8-21(30)9-5-19)26(37)34-12-13-35(18(3)15-34)27(38)32-22-10-6-20(29)7-11-22/h4-11,14,16-18H,12-13,15H2,1-3H3,(H,32,38). The molecule has 1 fully saturated rings. The molecule has 39 heavy (non-hydrogen) atoms. The molecule has 5 rings (SSSR count). The van der Waals surface area contributed by atoms with Gasteiger partial charge in [0.05, 0.1) is 23.1 Å². The number of thiazole rings is 1. The molecule has 1 atom stereocenters. The summed E-state index contributed by atoms with van der Waals surface area (Å²) in [7, 11) is 0. The number of halogens is 2. The first kappa shape index (κ1) is 27.0. The predicted molar refractivity (Wildman–Crippen MR) is 154 cm³/mol. The average molecular weight is 612 g/mol. The Bertz CT molecular complexity index is 1480. The van der Waals surface area contributed by atoms with Gasteiger partial charge in [0.1, 0.15) is 5.82 Å². The molecule has 4 aromatic rings. The molecule has 1 unspecified atom stereocenters. The topological polar surface area (TPSA) is 83.4 Å². The van der Waals surface area contributed by atoms with Crippen LogP contribution in [-0.2, 0) is 0 Å². The highest BCUT2D eigenvalue weighted by molar-refractivity contribution is 9.10. The normalized spacial score (nSPS) is 15.6. The van der Waals surface area contributed by atoms with Crippen molar-refractivity contribution in [3.8, 4) is 16.4 Å². The molecule has 1 aliphatic rings. The third-order valence-electron chi connectivity index (χ3n) is 6.67. The fourth-order valence-electron chi connectivity index (χ4n) is 4.69. The minimum Gasteiger partial charge on any atom is -0.335 e. The van der Waals surface area contributed by atoms with Gasteiger partial charge in [-0.1, -0.05) is 29.8 Å². The van der Waals surface area contributed by atoms with Gasteiger partial charge >= 0.3 is 6.03 Å². The van der Waals surface area contributed by atoms with Crippen LogP contribution in [0.3, 0.4) is 0 Å². The van der Waals surface area contributed by atoms with Crippen molar-refractivity contribution < 1.29 is 14.0 Å². The SMILES string of the molecule is CC(C)c1c(C(=O)N2CCN(C(=O)Nc3ccc(Br)cc3)C(C)C2)cnn1-c1nc(-c2ccc(F)cc2)cs1. The van der Waals surface area contributed by atoms with Crippen LogP contribution in [0.25, 0.3) is 16.4 Å². The molecule has 8 nitrogen and oxygen atoms in total. The number of nitrogens with zero attached hydrogens (tertiary/aromatic N) is 5. The zero-order chi connectivity index (χ0) is 27.7. The lowest BCUT2D eigenvalue weighted by atomic mass is 10.0. The average Bonchev–Trinajstić information content (AvgIpc) is 3.58. The Morgan fingerprint density at radius 2 is 1.82 bits per heavy atom. The number of nitrogens with one attached hydrogen (secondary N) is 1.